The molecule has 45 heavy (non-hydrogen) atoms. The van der Waals surface area contributed by atoms with E-state index < -0.39 is 0 Å². The Morgan fingerprint density at radius 1 is 0.444 bits per heavy atom. The van der Waals surface area contributed by atoms with Gasteiger partial charge in [0.05, 0.1) is 0 Å². The molecule has 0 aliphatic heterocycles. The van der Waals surface area contributed by atoms with Crippen LogP contribution in [0.5, 0.6) is 0 Å². The molecule has 1 aliphatic carbocycles. The Hall–Kier alpha value is -5.66. The Labute approximate surface area is 265 Å². The number of aryl methyl sites for hydroxylation is 1. The second kappa shape index (κ2) is 11.8. The summed E-state index contributed by atoms with van der Waals surface area (Å²) in [6.45, 7) is 0. The van der Waals surface area contributed by atoms with Gasteiger partial charge in [-0.2, -0.15) is 0 Å². The summed E-state index contributed by atoms with van der Waals surface area (Å²) in [5.41, 5.74) is 13.6. The molecule has 0 heterocycles. The molecule has 214 valence electrons. The first kappa shape index (κ1) is 26.9. The van der Waals surface area contributed by atoms with Crippen molar-refractivity contribution in [1.29, 1.82) is 0 Å². The van der Waals surface area contributed by atoms with E-state index in [4.69, 9.17) is 0 Å². The van der Waals surface area contributed by atoms with Crippen LogP contribution in [-0.4, -0.2) is 0 Å². The van der Waals surface area contributed by atoms with Crippen molar-refractivity contribution in [3.63, 3.8) is 0 Å². The average molecular weight is 576 g/mol. The molecule has 7 aromatic carbocycles. The van der Waals surface area contributed by atoms with Crippen LogP contribution in [0.2, 0.25) is 0 Å². The molecular formula is C44H33N. The van der Waals surface area contributed by atoms with Gasteiger partial charge in [-0.3, -0.25) is 0 Å². The Balaban J connectivity index is 1.34. The van der Waals surface area contributed by atoms with Gasteiger partial charge in [0.1, 0.15) is 0 Å². The van der Waals surface area contributed by atoms with E-state index in [2.05, 4.69) is 181 Å². The largest absolute Gasteiger partial charge is 0.310 e. The molecule has 0 saturated carbocycles. The molecule has 0 unspecified atom stereocenters. The Morgan fingerprint density at radius 3 is 1.80 bits per heavy atom. The Morgan fingerprint density at radius 2 is 1.04 bits per heavy atom. The van der Waals surface area contributed by atoms with E-state index in [1.54, 1.807) is 0 Å². The molecule has 0 amide bonds. The van der Waals surface area contributed by atoms with Gasteiger partial charge in [-0.25, -0.2) is 0 Å². The van der Waals surface area contributed by atoms with E-state index in [1.807, 2.05) is 0 Å². The lowest BCUT2D eigenvalue weighted by molar-refractivity contribution is 0.989. The third-order valence-electron chi connectivity index (χ3n) is 8.90. The molecule has 0 fully saturated rings. The number of nitrogens with zero attached hydrogens (tertiary/aromatic N) is 1. The summed E-state index contributed by atoms with van der Waals surface area (Å²) < 4.78 is 0. The van der Waals surface area contributed by atoms with Crippen molar-refractivity contribution < 1.29 is 0 Å². The predicted octanol–water partition coefficient (Wildman–Crippen LogP) is 12.3. The first-order valence-electron chi connectivity index (χ1n) is 15.8. The quantitative estimate of drug-likeness (QED) is 0.191. The van der Waals surface area contributed by atoms with Crippen molar-refractivity contribution in [3.8, 4) is 33.4 Å². The topological polar surface area (TPSA) is 3.24 Å². The maximum atomic E-state index is 2.39. The highest BCUT2D eigenvalue weighted by atomic mass is 15.1. The number of benzene rings is 7. The lowest BCUT2D eigenvalue weighted by atomic mass is 9.83. The van der Waals surface area contributed by atoms with E-state index in [9.17, 15) is 0 Å². The normalized spacial score (nSPS) is 12.2. The number of allylic oxidation sites excluding steroid dienone is 1. The van der Waals surface area contributed by atoms with Gasteiger partial charge >= 0.3 is 0 Å². The van der Waals surface area contributed by atoms with Crippen molar-refractivity contribution in [3.05, 3.63) is 181 Å². The first-order valence-corrected chi connectivity index (χ1v) is 15.8. The van der Waals surface area contributed by atoms with E-state index in [-0.39, 0.29) is 0 Å². The maximum absolute atomic E-state index is 2.39. The zero-order valence-electron chi connectivity index (χ0n) is 25.1. The number of rotatable bonds is 6. The summed E-state index contributed by atoms with van der Waals surface area (Å²) in [5, 5.41) is 2.60. The smallest absolute Gasteiger partial charge is 0.0468 e. The number of hydrogen-bond donors (Lipinski definition) is 0. The third kappa shape index (κ3) is 5.13. The summed E-state index contributed by atoms with van der Waals surface area (Å²) in [6.07, 6.45) is 6.83. The molecule has 8 rings (SSSR count). The predicted molar refractivity (Wildman–Crippen MR) is 192 cm³/mol. The molecule has 7 aromatic rings. The van der Waals surface area contributed by atoms with Crippen molar-refractivity contribution >= 4 is 33.9 Å². The standard InChI is InChI=1S/C44H33N/c1-4-14-32(15-5-1)33-24-26-38(27-25-33)45(37-20-8-3-9-21-37)39-28-29-42(43(31-39)34-16-6-2-7-17-34)44-40-22-12-10-18-35(40)30-36-19-11-13-23-41(36)44/h1-10,12-18,20-31H,11,19H2. The molecule has 1 nitrogen and oxygen atoms in total. The minimum Gasteiger partial charge on any atom is -0.310 e. The second-order valence-corrected chi connectivity index (χ2v) is 11.7. The number of fused-ring (bicyclic) bond motifs is 2. The van der Waals surface area contributed by atoms with Crippen molar-refractivity contribution in [2.24, 2.45) is 0 Å². The summed E-state index contributed by atoms with van der Waals surface area (Å²) in [6, 6.07) is 59.3. The van der Waals surface area contributed by atoms with Crippen LogP contribution >= 0.6 is 0 Å². The molecule has 1 aliphatic rings. The van der Waals surface area contributed by atoms with Crippen LogP contribution in [0.1, 0.15) is 17.5 Å². The van der Waals surface area contributed by atoms with Crippen molar-refractivity contribution in [2.75, 3.05) is 4.90 Å². The summed E-state index contributed by atoms with van der Waals surface area (Å²) >= 11 is 0. The molecule has 0 aromatic heterocycles. The maximum Gasteiger partial charge on any atom is 0.0468 e. The fourth-order valence-corrected chi connectivity index (χ4v) is 6.75. The summed E-state index contributed by atoms with van der Waals surface area (Å²) in [5.74, 6) is 0. The first-order chi connectivity index (χ1) is 22.3. The van der Waals surface area contributed by atoms with E-state index in [1.165, 1.54) is 55.3 Å². The summed E-state index contributed by atoms with van der Waals surface area (Å²) in [7, 11) is 0. The molecule has 0 radical (unpaired) electrons. The van der Waals surface area contributed by atoms with Crippen LogP contribution < -0.4 is 4.90 Å². The fraction of sp³-hybridized carbons (Fsp3) is 0.0455. The van der Waals surface area contributed by atoms with E-state index in [0.29, 0.717) is 0 Å². The van der Waals surface area contributed by atoms with Crippen LogP contribution in [0, 0.1) is 0 Å². The minimum atomic E-state index is 1.07. The molecule has 0 spiro atoms. The Kier molecular flexibility index (Phi) is 7.05. The van der Waals surface area contributed by atoms with E-state index in [0.717, 1.165) is 29.9 Å². The molecule has 0 saturated heterocycles. The van der Waals surface area contributed by atoms with Crippen LogP contribution in [0.4, 0.5) is 17.1 Å². The molecule has 0 N–H and O–H groups in total. The highest BCUT2D eigenvalue weighted by Crippen LogP contribution is 2.45. The second-order valence-electron chi connectivity index (χ2n) is 11.7. The molecule has 1 heteroatoms. The Bertz CT molecular complexity index is 2130. The third-order valence-corrected chi connectivity index (χ3v) is 8.90. The average Bonchev–Trinajstić information content (AvgIpc) is 3.12. The van der Waals surface area contributed by atoms with Crippen LogP contribution in [0.25, 0.3) is 50.2 Å². The van der Waals surface area contributed by atoms with Gasteiger partial charge in [-0.15, -0.1) is 0 Å². The molecule has 0 bridgehead atoms. The minimum absolute atomic E-state index is 1.07. The van der Waals surface area contributed by atoms with Gasteiger partial charge < -0.3 is 4.90 Å². The summed E-state index contributed by atoms with van der Waals surface area (Å²) in [4.78, 5) is 2.36. The van der Waals surface area contributed by atoms with Crippen molar-refractivity contribution in [2.45, 2.75) is 12.8 Å². The zero-order chi connectivity index (χ0) is 30.0. The van der Waals surface area contributed by atoms with Crippen LogP contribution in [-0.2, 0) is 6.42 Å². The number of hydrogen-bond acceptors (Lipinski definition) is 1. The van der Waals surface area contributed by atoms with Gasteiger partial charge in [0, 0.05) is 17.1 Å². The van der Waals surface area contributed by atoms with E-state index >= 15 is 0 Å². The van der Waals surface area contributed by atoms with Crippen LogP contribution in [0.3, 0.4) is 0 Å². The highest BCUT2D eigenvalue weighted by molar-refractivity contribution is 6.05. The fourth-order valence-electron chi connectivity index (χ4n) is 6.75. The molecular weight excluding hydrogens is 542 g/mol. The lowest BCUT2D eigenvalue weighted by Gasteiger charge is -2.27. The number of para-hydroxylation sites is 1. The van der Waals surface area contributed by atoms with Gasteiger partial charge in [-0.1, -0.05) is 140 Å². The number of anilines is 3. The SMILES string of the molecule is C1=Cc2c(cc3ccccc3c2-c2ccc(N(c3ccccc3)c3ccc(-c4ccccc4)cc3)cc2-c2ccccc2)CC1. The highest BCUT2D eigenvalue weighted by Gasteiger charge is 2.21. The van der Waals surface area contributed by atoms with Gasteiger partial charge in [0.25, 0.3) is 0 Å². The zero-order valence-corrected chi connectivity index (χ0v) is 25.1. The van der Waals surface area contributed by atoms with Gasteiger partial charge in [-0.05, 0) is 105 Å². The van der Waals surface area contributed by atoms with Gasteiger partial charge in [0.2, 0.25) is 0 Å². The lowest BCUT2D eigenvalue weighted by Crippen LogP contribution is -2.10. The molecule has 0 atom stereocenters. The van der Waals surface area contributed by atoms with Crippen molar-refractivity contribution in [1.82, 2.24) is 0 Å². The van der Waals surface area contributed by atoms with Gasteiger partial charge in [0.15, 0.2) is 0 Å². The monoisotopic (exact) mass is 575 g/mol. The van der Waals surface area contributed by atoms with Crippen LogP contribution in [0.15, 0.2) is 170 Å².